The van der Waals surface area contributed by atoms with Gasteiger partial charge in [-0.1, -0.05) is 18.2 Å². The van der Waals surface area contributed by atoms with E-state index < -0.39 is 23.5 Å². The Balaban J connectivity index is 1.62. The number of nitrogens with one attached hydrogen (secondary N) is 1. The van der Waals surface area contributed by atoms with Crippen molar-refractivity contribution < 1.29 is 28.2 Å². The minimum atomic E-state index is -1.10. The van der Waals surface area contributed by atoms with E-state index in [1.165, 1.54) is 25.3 Å². The highest BCUT2D eigenvalue weighted by Gasteiger charge is 2.45. The molecule has 1 aliphatic carbocycles. The zero-order valence-electron chi connectivity index (χ0n) is 14.0. The predicted molar refractivity (Wildman–Crippen MR) is 89.0 cm³/mol. The Morgan fingerprint density at radius 1 is 1.27 bits per heavy atom. The summed E-state index contributed by atoms with van der Waals surface area (Å²) in [6, 6.07) is 8.50. The molecule has 0 aliphatic heterocycles. The lowest BCUT2D eigenvalue weighted by molar-refractivity contribution is -0.122. The number of carbonyl (C=O) groups excluding carboxylic acids is 1. The number of ether oxygens (including phenoxy) is 1. The molecule has 0 heterocycles. The second-order valence-corrected chi connectivity index (χ2v) is 6.15. The van der Waals surface area contributed by atoms with Crippen molar-refractivity contribution in [3.8, 4) is 5.75 Å². The molecule has 5 nitrogen and oxygen atoms in total. The van der Waals surface area contributed by atoms with Gasteiger partial charge in [0.2, 0.25) is 5.91 Å². The van der Waals surface area contributed by atoms with E-state index in [4.69, 9.17) is 9.84 Å². The highest BCUT2D eigenvalue weighted by Crippen LogP contribution is 2.48. The van der Waals surface area contributed by atoms with Gasteiger partial charge in [-0.05, 0) is 41.7 Å². The van der Waals surface area contributed by atoms with Crippen LogP contribution < -0.4 is 10.1 Å². The van der Waals surface area contributed by atoms with Gasteiger partial charge in [0.05, 0.1) is 7.11 Å². The van der Waals surface area contributed by atoms with Gasteiger partial charge in [-0.25, -0.2) is 13.6 Å². The topological polar surface area (TPSA) is 75.6 Å². The minimum Gasteiger partial charge on any atom is -0.496 e. The normalized spacial score (nSPS) is 18.3. The van der Waals surface area contributed by atoms with Gasteiger partial charge in [-0.15, -0.1) is 0 Å². The van der Waals surface area contributed by atoms with Crippen LogP contribution in [0.5, 0.6) is 5.75 Å². The van der Waals surface area contributed by atoms with Gasteiger partial charge in [0.15, 0.2) is 11.6 Å². The number of methoxy groups -OCH3 is 1. The molecule has 1 saturated carbocycles. The molecule has 2 aromatic carbocycles. The first kappa shape index (κ1) is 17.8. The maximum Gasteiger partial charge on any atom is 0.339 e. The Kier molecular flexibility index (Phi) is 4.88. The summed E-state index contributed by atoms with van der Waals surface area (Å²) in [7, 11) is 1.37. The summed E-state index contributed by atoms with van der Waals surface area (Å²) in [5.74, 6) is -3.69. The average Bonchev–Trinajstić information content (AvgIpc) is 3.42. The highest BCUT2D eigenvalue weighted by atomic mass is 19.2. The van der Waals surface area contributed by atoms with E-state index in [9.17, 15) is 18.4 Å². The summed E-state index contributed by atoms with van der Waals surface area (Å²) in [6.07, 6.45) is 0.466. The monoisotopic (exact) mass is 361 g/mol. The fraction of sp³-hybridized carbons (Fsp3) is 0.263. The van der Waals surface area contributed by atoms with Gasteiger partial charge < -0.3 is 15.2 Å². The van der Waals surface area contributed by atoms with Crippen molar-refractivity contribution in [2.45, 2.75) is 18.9 Å². The third-order valence-electron chi connectivity index (χ3n) is 4.47. The van der Waals surface area contributed by atoms with Crippen LogP contribution in [0.1, 0.15) is 33.8 Å². The van der Waals surface area contributed by atoms with Crippen molar-refractivity contribution in [3.63, 3.8) is 0 Å². The van der Waals surface area contributed by atoms with Crippen LogP contribution in [-0.4, -0.2) is 24.1 Å². The van der Waals surface area contributed by atoms with Crippen LogP contribution in [0.3, 0.4) is 0 Å². The number of aromatic carboxylic acids is 1. The van der Waals surface area contributed by atoms with Crippen LogP contribution in [0, 0.1) is 17.6 Å². The minimum absolute atomic E-state index is 0.0337. The van der Waals surface area contributed by atoms with Crippen LogP contribution in [-0.2, 0) is 11.3 Å². The molecule has 0 unspecified atom stereocenters. The van der Waals surface area contributed by atoms with Crippen molar-refractivity contribution in [1.29, 1.82) is 0 Å². The molecule has 7 heteroatoms. The van der Waals surface area contributed by atoms with Gasteiger partial charge in [-0.3, -0.25) is 4.79 Å². The van der Waals surface area contributed by atoms with E-state index in [1.54, 1.807) is 12.1 Å². The van der Waals surface area contributed by atoms with Gasteiger partial charge >= 0.3 is 5.97 Å². The molecular formula is C19H17F2NO4. The SMILES string of the molecule is COc1cc(CNC(=O)[C@@H]2C[C@H]2c2cccc(F)c2F)ccc1C(=O)O. The Morgan fingerprint density at radius 3 is 2.73 bits per heavy atom. The van der Waals surface area contributed by atoms with Crippen LogP contribution in [0.4, 0.5) is 8.78 Å². The fourth-order valence-electron chi connectivity index (χ4n) is 2.98. The van der Waals surface area contributed by atoms with Gasteiger partial charge in [0, 0.05) is 12.5 Å². The van der Waals surface area contributed by atoms with Crippen LogP contribution in [0.2, 0.25) is 0 Å². The van der Waals surface area contributed by atoms with Crippen molar-refractivity contribution in [2.24, 2.45) is 5.92 Å². The number of rotatable bonds is 6. The van der Waals surface area contributed by atoms with Gasteiger partial charge in [0.1, 0.15) is 11.3 Å². The standard InChI is InChI=1S/C19H17F2NO4/c1-26-16-7-10(5-6-12(16)19(24)25)9-22-18(23)14-8-13(14)11-3-2-4-15(20)17(11)21/h2-7,13-14H,8-9H2,1H3,(H,22,23)(H,24,25)/t13-,14+/m0/s1. The Hall–Kier alpha value is -2.96. The molecule has 1 aliphatic rings. The van der Waals surface area contributed by atoms with Crippen LogP contribution in [0.25, 0.3) is 0 Å². The van der Waals surface area contributed by atoms with Crippen molar-refractivity contribution in [3.05, 3.63) is 64.7 Å². The third-order valence-corrected chi connectivity index (χ3v) is 4.47. The summed E-state index contributed by atoms with van der Waals surface area (Å²) in [5, 5.41) is 11.8. The number of carbonyl (C=O) groups is 2. The van der Waals surface area contributed by atoms with E-state index in [-0.39, 0.29) is 35.2 Å². The van der Waals surface area contributed by atoms with E-state index in [1.807, 2.05) is 0 Å². The first-order valence-electron chi connectivity index (χ1n) is 8.04. The van der Waals surface area contributed by atoms with E-state index in [0.717, 1.165) is 6.07 Å². The zero-order valence-corrected chi connectivity index (χ0v) is 14.0. The Morgan fingerprint density at radius 2 is 2.04 bits per heavy atom. The largest absolute Gasteiger partial charge is 0.496 e. The number of carboxylic acid groups (broad SMARTS) is 1. The first-order chi connectivity index (χ1) is 12.4. The summed E-state index contributed by atoms with van der Waals surface area (Å²) in [6.45, 7) is 0.184. The molecule has 3 rings (SSSR count). The predicted octanol–water partition coefficient (Wildman–Crippen LogP) is 3.09. The lowest BCUT2D eigenvalue weighted by atomic mass is 10.1. The Bertz CT molecular complexity index is 869. The lowest BCUT2D eigenvalue weighted by Crippen LogP contribution is -2.25. The van der Waals surface area contributed by atoms with Gasteiger partial charge in [0.25, 0.3) is 0 Å². The maximum absolute atomic E-state index is 13.8. The summed E-state index contributed by atoms with van der Waals surface area (Å²) < 4.78 is 32.1. The van der Waals surface area contributed by atoms with Gasteiger partial charge in [-0.2, -0.15) is 0 Å². The summed E-state index contributed by atoms with van der Waals surface area (Å²) in [4.78, 5) is 23.3. The Labute approximate surface area is 148 Å². The average molecular weight is 361 g/mol. The van der Waals surface area contributed by atoms with E-state index in [0.29, 0.717) is 12.0 Å². The molecule has 1 fully saturated rings. The molecule has 136 valence electrons. The van der Waals surface area contributed by atoms with Crippen molar-refractivity contribution in [1.82, 2.24) is 5.32 Å². The quantitative estimate of drug-likeness (QED) is 0.829. The third kappa shape index (κ3) is 3.51. The number of amides is 1. The molecule has 2 N–H and O–H groups in total. The fourth-order valence-corrected chi connectivity index (χ4v) is 2.98. The van der Waals surface area contributed by atoms with E-state index >= 15 is 0 Å². The van der Waals surface area contributed by atoms with Crippen LogP contribution in [0.15, 0.2) is 36.4 Å². The summed E-state index contributed by atoms with van der Waals surface area (Å²) in [5.41, 5.74) is 0.929. The number of benzene rings is 2. The molecule has 26 heavy (non-hydrogen) atoms. The molecule has 0 radical (unpaired) electrons. The van der Waals surface area contributed by atoms with Crippen LogP contribution >= 0.6 is 0 Å². The second-order valence-electron chi connectivity index (χ2n) is 6.15. The first-order valence-corrected chi connectivity index (χ1v) is 8.04. The second kappa shape index (κ2) is 7.11. The number of hydrogen-bond acceptors (Lipinski definition) is 3. The molecule has 2 atom stereocenters. The molecule has 0 saturated heterocycles. The molecular weight excluding hydrogens is 344 g/mol. The molecule has 2 aromatic rings. The zero-order chi connectivity index (χ0) is 18.8. The van der Waals surface area contributed by atoms with E-state index in [2.05, 4.69) is 5.32 Å². The highest BCUT2D eigenvalue weighted by molar-refractivity contribution is 5.91. The number of halogens is 2. The number of carboxylic acids is 1. The smallest absolute Gasteiger partial charge is 0.339 e. The maximum atomic E-state index is 13.8. The lowest BCUT2D eigenvalue weighted by Gasteiger charge is -2.09. The number of hydrogen-bond donors (Lipinski definition) is 2. The molecule has 0 bridgehead atoms. The summed E-state index contributed by atoms with van der Waals surface area (Å²) >= 11 is 0. The molecule has 0 spiro atoms. The molecule has 0 aromatic heterocycles. The molecule has 1 amide bonds. The van der Waals surface area contributed by atoms with Crippen molar-refractivity contribution in [2.75, 3.05) is 7.11 Å². The van der Waals surface area contributed by atoms with Crippen molar-refractivity contribution >= 4 is 11.9 Å².